The Morgan fingerprint density at radius 1 is 0.781 bits per heavy atom. The summed E-state index contributed by atoms with van der Waals surface area (Å²) in [7, 11) is 2.06. The second-order valence-electron chi connectivity index (χ2n) is 9.08. The van der Waals surface area contributed by atoms with E-state index in [1.807, 2.05) is 0 Å². The van der Waals surface area contributed by atoms with Gasteiger partial charge in [0.1, 0.15) is 12.4 Å². The van der Waals surface area contributed by atoms with Crippen LogP contribution in [0.15, 0.2) is 30.9 Å². The first-order valence-electron chi connectivity index (χ1n) is 13.5. The number of imidazole rings is 1. The number of carbonyl (C=O) groups is 1. The van der Waals surface area contributed by atoms with Gasteiger partial charge in [0.2, 0.25) is 6.33 Å². The Labute approximate surface area is 199 Å². The topological polar surface area (TPSA) is 48.9 Å². The first-order chi connectivity index (χ1) is 15.6. The largest absolute Gasteiger partial charge is 0.550 e. The van der Waals surface area contributed by atoms with E-state index in [4.69, 9.17) is 0 Å². The highest BCUT2D eigenvalue weighted by Crippen LogP contribution is 2.09. The molecule has 0 N–H and O–H groups in total. The van der Waals surface area contributed by atoms with Gasteiger partial charge >= 0.3 is 0 Å². The Morgan fingerprint density at radius 2 is 1.28 bits per heavy atom. The molecule has 1 aromatic rings. The average Bonchev–Trinajstić information content (AvgIpc) is 3.19. The maximum Gasteiger partial charge on any atom is 0.243 e. The second-order valence-corrected chi connectivity index (χ2v) is 9.08. The lowest BCUT2D eigenvalue weighted by molar-refractivity contribution is -0.696. The van der Waals surface area contributed by atoms with E-state index in [0.29, 0.717) is 0 Å². The summed E-state index contributed by atoms with van der Waals surface area (Å²) in [4.78, 5) is 10.2. The van der Waals surface area contributed by atoms with Crippen molar-refractivity contribution in [3.8, 4) is 0 Å². The van der Waals surface area contributed by atoms with Crippen LogP contribution in [0.4, 0.5) is 0 Å². The number of carboxylic acid groups (broad SMARTS) is 1. The zero-order chi connectivity index (χ0) is 23.7. The van der Waals surface area contributed by atoms with Crippen molar-refractivity contribution in [2.45, 2.75) is 136 Å². The van der Waals surface area contributed by atoms with Crippen LogP contribution in [0.1, 0.15) is 129 Å². The maximum absolute atomic E-state index is 10.2. The van der Waals surface area contributed by atoms with Crippen molar-refractivity contribution in [3.05, 3.63) is 30.9 Å². The molecular weight excluding hydrogens is 396 g/mol. The van der Waals surface area contributed by atoms with Crippen molar-refractivity contribution in [1.29, 1.82) is 0 Å². The van der Waals surface area contributed by atoms with E-state index in [1.165, 1.54) is 96.4 Å². The van der Waals surface area contributed by atoms with Crippen molar-refractivity contribution < 1.29 is 14.5 Å². The average molecular weight is 449 g/mol. The third-order valence-electron chi connectivity index (χ3n) is 5.74. The standard InChI is InChI=1S/C18H34O2.C10H19N2/c1-2-3-4-5-6-7-8-9-10-11-12-13-14-15-16-17-18(19)20;1-3-4-5-6-7-12-9-8-11(2)10-12/h9-10H,2-8,11-17H2,1H3,(H,19,20);8-10H,3-7H2,1-2H3/q;+1/p-1/b10-9-;. The van der Waals surface area contributed by atoms with Gasteiger partial charge in [-0.1, -0.05) is 90.2 Å². The molecular formula is C28H52N2O2. The molecule has 0 radical (unpaired) electrons. The van der Waals surface area contributed by atoms with Crippen LogP contribution in [0.2, 0.25) is 0 Å². The molecule has 4 nitrogen and oxygen atoms in total. The highest BCUT2D eigenvalue weighted by Gasteiger charge is 1.98. The maximum atomic E-state index is 10.2. The molecule has 0 aliphatic rings. The summed E-state index contributed by atoms with van der Waals surface area (Å²) in [5.41, 5.74) is 0. The number of hydrogen-bond acceptors (Lipinski definition) is 2. The molecule has 0 atom stereocenters. The Bertz CT molecular complexity index is 551. The van der Waals surface area contributed by atoms with Gasteiger partial charge in [-0.3, -0.25) is 0 Å². The number of aryl methyl sites for hydroxylation is 2. The first kappa shape index (κ1) is 30.4. The predicted octanol–water partition coefficient (Wildman–Crippen LogP) is 6.67. The number of unbranched alkanes of at least 4 members (excludes halogenated alkanes) is 14. The summed E-state index contributed by atoms with van der Waals surface area (Å²) in [5.74, 6) is -0.914. The molecule has 0 aromatic carbocycles. The normalized spacial score (nSPS) is 11.0. The van der Waals surface area contributed by atoms with Crippen molar-refractivity contribution >= 4 is 5.97 Å². The van der Waals surface area contributed by atoms with Gasteiger partial charge in [0.05, 0.1) is 13.6 Å². The van der Waals surface area contributed by atoms with E-state index >= 15 is 0 Å². The lowest BCUT2D eigenvalue weighted by Gasteiger charge is -2.01. The van der Waals surface area contributed by atoms with E-state index < -0.39 is 5.97 Å². The molecule has 0 aliphatic carbocycles. The smallest absolute Gasteiger partial charge is 0.243 e. The number of allylic oxidation sites excluding steroid dienone is 2. The van der Waals surface area contributed by atoms with E-state index in [-0.39, 0.29) is 6.42 Å². The second kappa shape index (κ2) is 24.1. The third-order valence-corrected chi connectivity index (χ3v) is 5.74. The highest BCUT2D eigenvalue weighted by atomic mass is 16.4. The minimum Gasteiger partial charge on any atom is -0.550 e. The molecule has 0 bridgehead atoms. The van der Waals surface area contributed by atoms with Crippen LogP contribution in [0.3, 0.4) is 0 Å². The fourth-order valence-electron chi connectivity index (χ4n) is 3.70. The zero-order valence-electron chi connectivity index (χ0n) is 21.5. The summed E-state index contributed by atoms with van der Waals surface area (Å²) in [6, 6.07) is 0. The molecule has 0 aliphatic heterocycles. The Morgan fingerprint density at radius 3 is 1.78 bits per heavy atom. The van der Waals surface area contributed by atoms with Gasteiger partial charge in [0.25, 0.3) is 0 Å². The molecule has 186 valence electrons. The zero-order valence-corrected chi connectivity index (χ0v) is 21.5. The SMILES string of the molecule is CCCCCCCC/C=C\CCCCCCCC(=O)[O-].CCCCCC[n+]1ccn(C)c1. The molecule has 1 rings (SSSR count). The molecule has 4 heteroatoms. The Kier molecular flexibility index (Phi) is 22.9. The predicted molar refractivity (Wildman–Crippen MR) is 134 cm³/mol. The number of aliphatic carboxylic acids is 1. The van der Waals surface area contributed by atoms with Crippen LogP contribution in [0.5, 0.6) is 0 Å². The molecule has 0 unspecified atom stereocenters. The van der Waals surface area contributed by atoms with Crippen LogP contribution in [0.25, 0.3) is 0 Å². The lowest BCUT2D eigenvalue weighted by atomic mass is 10.1. The number of carbonyl (C=O) groups excluding carboxylic acids is 1. The number of aromatic nitrogens is 2. The quantitative estimate of drug-likeness (QED) is 0.127. The lowest BCUT2D eigenvalue weighted by Crippen LogP contribution is -2.30. The van der Waals surface area contributed by atoms with Crippen molar-refractivity contribution in [2.24, 2.45) is 7.05 Å². The molecule has 0 spiro atoms. The Balaban J connectivity index is 0.000000677. The first-order valence-corrected chi connectivity index (χ1v) is 13.5. The summed E-state index contributed by atoms with van der Waals surface area (Å²) in [6.45, 7) is 5.67. The number of carboxylic acids is 1. The number of hydrogen-bond donors (Lipinski definition) is 0. The summed E-state index contributed by atoms with van der Waals surface area (Å²) in [6.07, 6.45) is 32.6. The summed E-state index contributed by atoms with van der Waals surface area (Å²) < 4.78 is 4.33. The number of nitrogens with zero attached hydrogens (tertiary/aromatic N) is 2. The van der Waals surface area contributed by atoms with Crippen molar-refractivity contribution in [3.63, 3.8) is 0 Å². The van der Waals surface area contributed by atoms with E-state index in [1.54, 1.807) is 0 Å². The molecule has 0 saturated carbocycles. The molecule has 0 amide bonds. The Hall–Kier alpha value is -1.58. The van der Waals surface area contributed by atoms with Crippen LogP contribution < -0.4 is 9.67 Å². The minimum absolute atomic E-state index is 0.220. The molecule has 32 heavy (non-hydrogen) atoms. The van der Waals surface area contributed by atoms with E-state index in [0.717, 1.165) is 19.3 Å². The van der Waals surface area contributed by atoms with Crippen molar-refractivity contribution in [1.82, 2.24) is 4.57 Å². The van der Waals surface area contributed by atoms with E-state index in [9.17, 15) is 9.90 Å². The van der Waals surface area contributed by atoms with Gasteiger partial charge in [0.15, 0.2) is 0 Å². The van der Waals surface area contributed by atoms with E-state index in [2.05, 4.69) is 60.9 Å². The summed E-state index contributed by atoms with van der Waals surface area (Å²) >= 11 is 0. The van der Waals surface area contributed by atoms with Gasteiger partial charge in [-0.05, 0) is 51.4 Å². The van der Waals surface area contributed by atoms with Gasteiger partial charge in [-0.25, -0.2) is 9.13 Å². The fourth-order valence-corrected chi connectivity index (χ4v) is 3.70. The van der Waals surface area contributed by atoms with Crippen molar-refractivity contribution in [2.75, 3.05) is 0 Å². The number of rotatable bonds is 20. The van der Waals surface area contributed by atoms with Crippen LogP contribution in [0, 0.1) is 0 Å². The monoisotopic (exact) mass is 448 g/mol. The minimum atomic E-state index is -0.914. The van der Waals surface area contributed by atoms with Gasteiger partial charge in [0, 0.05) is 5.97 Å². The van der Waals surface area contributed by atoms with Gasteiger partial charge < -0.3 is 9.90 Å². The van der Waals surface area contributed by atoms with Gasteiger partial charge in [-0.15, -0.1) is 0 Å². The molecule has 0 fully saturated rings. The highest BCUT2D eigenvalue weighted by molar-refractivity contribution is 5.64. The van der Waals surface area contributed by atoms with Crippen LogP contribution in [-0.4, -0.2) is 10.5 Å². The third kappa shape index (κ3) is 23.1. The van der Waals surface area contributed by atoms with Gasteiger partial charge in [-0.2, -0.15) is 0 Å². The molecule has 1 aromatic heterocycles. The fraction of sp³-hybridized carbons (Fsp3) is 0.786. The molecule has 0 saturated heterocycles. The molecule has 1 heterocycles. The van der Waals surface area contributed by atoms with Crippen LogP contribution in [-0.2, 0) is 18.4 Å². The van der Waals surface area contributed by atoms with Crippen LogP contribution >= 0.6 is 0 Å². The summed E-state index contributed by atoms with van der Waals surface area (Å²) in [5, 5.41) is 10.2.